The van der Waals surface area contributed by atoms with E-state index in [9.17, 15) is 28.1 Å². The van der Waals surface area contributed by atoms with Crippen molar-refractivity contribution < 1.29 is 22.9 Å². The van der Waals surface area contributed by atoms with Crippen molar-refractivity contribution in [3.8, 4) is 0 Å². The van der Waals surface area contributed by atoms with Crippen LogP contribution in [0.1, 0.15) is 23.1 Å². The van der Waals surface area contributed by atoms with Crippen molar-refractivity contribution in [1.82, 2.24) is 0 Å². The summed E-state index contributed by atoms with van der Waals surface area (Å²) >= 11 is 0. The summed E-state index contributed by atoms with van der Waals surface area (Å²) in [6.45, 7) is -0.0203. The highest BCUT2D eigenvalue weighted by Gasteiger charge is 2.31. The van der Waals surface area contributed by atoms with Crippen molar-refractivity contribution in [2.45, 2.75) is 25.6 Å². The summed E-state index contributed by atoms with van der Waals surface area (Å²) in [5.74, 6) is -0.223. The molecule has 3 rings (SSSR count). The number of nitro groups is 1. The topological polar surface area (TPSA) is 63.4 Å². The first-order valence-electron chi connectivity index (χ1n) is 7.49. The van der Waals surface area contributed by atoms with Crippen LogP contribution in [0, 0.1) is 10.1 Å². The van der Waals surface area contributed by atoms with Crippen molar-refractivity contribution in [3.63, 3.8) is 0 Å². The maximum Gasteiger partial charge on any atom is 0.416 e. The van der Waals surface area contributed by atoms with Crippen molar-refractivity contribution in [2.75, 3.05) is 4.90 Å². The van der Waals surface area contributed by atoms with Gasteiger partial charge in [-0.3, -0.25) is 14.9 Å². The molecule has 1 amide bonds. The standard InChI is InChI=1S/C17H13F3N2O3/c18-17(19,20)13-3-1-2-11(8-13)10-21-15-6-5-14(22(24)25)9-12(15)4-7-16(21)23/h1-3,5-6,8-9H,4,7,10H2. The zero-order chi connectivity index (χ0) is 18.2. The smallest absolute Gasteiger partial charge is 0.308 e. The predicted molar refractivity (Wildman–Crippen MR) is 84.1 cm³/mol. The average molecular weight is 350 g/mol. The number of halogens is 3. The third-order valence-corrected chi connectivity index (χ3v) is 4.07. The Morgan fingerprint density at radius 2 is 1.88 bits per heavy atom. The summed E-state index contributed by atoms with van der Waals surface area (Å²) in [6, 6.07) is 8.95. The Morgan fingerprint density at radius 1 is 1.12 bits per heavy atom. The SMILES string of the molecule is O=C1CCc2cc([N+](=O)[O-])ccc2N1Cc1cccc(C(F)(F)F)c1. The minimum atomic E-state index is -4.46. The molecular formula is C17H13F3N2O3. The number of amides is 1. The Kier molecular flexibility index (Phi) is 4.20. The first-order chi connectivity index (χ1) is 11.8. The van der Waals surface area contributed by atoms with Gasteiger partial charge in [0.25, 0.3) is 5.69 Å². The van der Waals surface area contributed by atoms with Crippen LogP contribution in [0.2, 0.25) is 0 Å². The summed E-state index contributed by atoms with van der Waals surface area (Å²) in [5.41, 5.74) is 0.625. The number of anilines is 1. The van der Waals surface area contributed by atoms with Gasteiger partial charge in [0, 0.05) is 24.2 Å². The zero-order valence-corrected chi connectivity index (χ0v) is 12.9. The molecular weight excluding hydrogens is 337 g/mol. The molecule has 0 saturated carbocycles. The number of benzene rings is 2. The normalized spacial score (nSPS) is 14.4. The molecule has 1 heterocycles. The molecule has 1 aliphatic heterocycles. The molecule has 0 atom stereocenters. The number of nitro benzene ring substituents is 1. The second kappa shape index (κ2) is 6.19. The van der Waals surface area contributed by atoms with Gasteiger partial charge in [-0.15, -0.1) is 0 Å². The van der Waals surface area contributed by atoms with E-state index in [1.807, 2.05) is 0 Å². The lowest BCUT2D eigenvalue weighted by molar-refractivity contribution is -0.384. The lowest BCUT2D eigenvalue weighted by atomic mass is 9.99. The fourth-order valence-electron chi connectivity index (χ4n) is 2.86. The van der Waals surface area contributed by atoms with E-state index in [0.717, 1.165) is 12.1 Å². The van der Waals surface area contributed by atoms with Gasteiger partial charge in [-0.2, -0.15) is 13.2 Å². The fraction of sp³-hybridized carbons (Fsp3) is 0.235. The molecule has 0 radical (unpaired) electrons. The first-order valence-corrected chi connectivity index (χ1v) is 7.49. The number of aryl methyl sites for hydroxylation is 1. The van der Waals surface area contributed by atoms with E-state index >= 15 is 0 Å². The quantitative estimate of drug-likeness (QED) is 0.619. The Morgan fingerprint density at radius 3 is 2.56 bits per heavy atom. The molecule has 5 nitrogen and oxygen atoms in total. The van der Waals surface area contributed by atoms with Crippen LogP contribution in [0.25, 0.3) is 0 Å². The van der Waals surface area contributed by atoms with Gasteiger partial charge in [-0.25, -0.2) is 0 Å². The van der Waals surface area contributed by atoms with Crippen molar-refractivity contribution in [1.29, 1.82) is 0 Å². The summed E-state index contributed by atoms with van der Waals surface area (Å²) in [6.07, 6.45) is -3.93. The Hall–Kier alpha value is -2.90. The summed E-state index contributed by atoms with van der Waals surface area (Å²) in [5, 5.41) is 10.9. The van der Waals surface area contributed by atoms with E-state index in [4.69, 9.17) is 0 Å². The van der Waals surface area contributed by atoms with Crippen molar-refractivity contribution in [2.24, 2.45) is 0 Å². The average Bonchev–Trinajstić information content (AvgIpc) is 2.56. The van der Waals surface area contributed by atoms with E-state index in [1.54, 1.807) is 0 Å². The second-order valence-electron chi connectivity index (χ2n) is 5.75. The van der Waals surface area contributed by atoms with Gasteiger partial charge in [0.15, 0.2) is 0 Å². The monoisotopic (exact) mass is 350 g/mol. The number of carbonyl (C=O) groups excluding carboxylic acids is 1. The molecule has 0 bridgehead atoms. The molecule has 25 heavy (non-hydrogen) atoms. The highest BCUT2D eigenvalue weighted by atomic mass is 19.4. The van der Waals surface area contributed by atoms with Gasteiger partial charge in [0.1, 0.15) is 0 Å². The number of hydrogen-bond acceptors (Lipinski definition) is 3. The molecule has 0 spiro atoms. The molecule has 0 unspecified atom stereocenters. The first kappa shape index (κ1) is 16.9. The predicted octanol–water partition coefficient (Wildman–Crippen LogP) is 4.09. The highest BCUT2D eigenvalue weighted by Crippen LogP contribution is 2.33. The number of rotatable bonds is 3. The number of carbonyl (C=O) groups is 1. The maximum atomic E-state index is 12.8. The second-order valence-corrected chi connectivity index (χ2v) is 5.75. The van der Waals surface area contributed by atoms with Gasteiger partial charge in [0.2, 0.25) is 5.91 Å². The Balaban J connectivity index is 1.93. The van der Waals surface area contributed by atoms with Crippen molar-refractivity contribution >= 4 is 17.3 Å². The van der Waals surface area contributed by atoms with Crippen LogP contribution in [0.4, 0.5) is 24.5 Å². The van der Waals surface area contributed by atoms with Gasteiger partial charge in [-0.05, 0) is 35.7 Å². The van der Waals surface area contributed by atoms with Gasteiger partial charge in [-0.1, -0.05) is 12.1 Å². The number of non-ortho nitro benzene ring substituents is 1. The van der Waals surface area contributed by atoms with Gasteiger partial charge >= 0.3 is 6.18 Å². The van der Waals surface area contributed by atoms with E-state index in [-0.39, 0.29) is 24.6 Å². The van der Waals surface area contributed by atoms with E-state index in [2.05, 4.69) is 0 Å². The largest absolute Gasteiger partial charge is 0.416 e. The molecule has 2 aromatic carbocycles. The molecule has 2 aromatic rings. The molecule has 0 fully saturated rings. The fourth-order valence-corrected chi connectivity index (χ4v) is 2.86. The third-order valence-electron chi connectivity index (χ3n) is 4.07. The Labute approximate surface area is 140 Å². The lowest BCUT2D eigenvalue weighted by Gasteiger charge is -2.29. The summed E-state index contributed by atoms with van der Waals surface area (Å²) in [4.78, 5) is 24.0. The maximum absolute atomic E-state index is 12.8. The van der Waals surface area contributed by atoms with Crippen LogP contribution in [0.15, 0.2) is 42.5 Å². The molecule has 0 saturated heterocycles. The van der Waals surface area contributed by atoms with E-state index < -0.39 is 16.7 Å². The molecule has 8 heteroatoms. The number of fused-ring (bicyclic) bond motifs is 1. The van der Waals surface area contributed by atoms with Gasteiger partial charge in [0.05, 0.1) is 17.0 Å². The lowest BCUT2D eigenvalue weighted by Crippen LogP contribution is -2.34. The third kappa shape index (κ3) is 3.47. The summed E-state index contributed by atoms with van der Waals surface area (Å²) < 4.78 is 38.5. The van der Waals surface area contributed by atoms with Crippen LogP contribution >= 0.6 is 0 Å². The molecule has 0 aliphatic carbocycles. The highest BCUT2D eigenvalue weighted by molar-refractivity contribution is 5.96. The minimum absolute atomic E-state index is 0.0203. The minimum Gasteiger partial charge on any atom is -0.308 e. The van der Waals surface area contributed by atoms with Crippen molar-refractivity contribution in [3.05, 3.63) is 69.3 Å². The van der Waals surface area contributed by atoms with Crippen LogP contribution in [0.3, 0.4) is 0 Å². The zero-order valence-electron chi connectivity index (χ0n) is 12.9. The number of nitrogens with zero attached hydrogens (tertiary/aromatic N) is 2. The van der Waals surface area contributed by atoms with Gasteiger partial charge < -0.3 is 4.90 Å². The molecule has 130 valence electrons. The van der Waals surface area contributed by atoms with E-state index in [1.165, 1.54) is 35.2 Å². The molecule has 1 aliphatic rings. The molecule has 0 N–H and O–H groups in total. The van der Waals surface area contributed by atoms with E-state index in [0.29, 0.717) is 23.2 Å². The van der Waals surface area contributed by atoms with Crippen LogP contribution in [-0.4, -0.2) is 10.8 Å². The number of alkyl halides is 3. The number of hydrogen-bond donors (Lipinski definition) is 0. The Bertz CT molecular complexity index is 849. The molecule has 0 aromatic heterocycles. The summed E-state index contributed by atoms with van der Waals surface area (Å²) in [7, 11) is 0. The van der Waals surface area contributed by atoms with Crippen LogP contribution in [0.5, 0.6) is 0 Å². The van der Waals surface area contributed by atoms with Crippen LogP contribution < -0.4 is 4.90 Å². The van der Waals surface area contributed by atoms with Crippen LogP contribution in [-0.2, 0) is 23.9 Å².